The first-order chi connectivity index (χ1) is 9.45. The summed E-state index contributed by atoms with van der Waals surface area (Å²) in [6, 6.07) is 5.08. The van der Waals surface area contributed by atoms with Gasteiger partial charge in [0.05, 0.1) is 9.82 Å². The number of hydrogen-bond donors (Lipinski definition) is 0. The molecule has 0 saturated heterocycles. The number of nitro groups is 1. The Morgan fingerprint density at radius 2 is 1.90 bits per heavy atom. The fourth-order valence-corrected chi connectivity index (χ4v) is 3.64. The second-order valence-electron chi connectivity index (χ2n) is 5.06. The molecule has 0 radical (unpaired) electrons. The second kappa shape index (κ2) is 5.88. The van der Waals surface area contributed by atoms with Gasteiger partial charge in [0.15, 0.2) is 0 Å². The molecule has 0 bridgehead atoms. The van der Waals surface area contributed by atoms with Crippen molar-refractivity contribution in [2.24, 2.45) is 5.92 Å². The van der Waals surface area contributed by atoms with Crippen molar-refractivity contribution in [1.29, 1.82) is 0 Å². The maximum atomic E-state index is 12.5. The molecular weight excluding hydrogens is 280 g/mol. The molecule has 1 saturated carbocycles. The van der Waals surface area contributed by atoms with E-state index in [-0.39, 0.29) is 10.6 Å². The molecule has 1 aliphatic carbocycles. The van der Waals surface area contributed by atoms with Crippen molar-refractivity contribution in [3.8, 4) is 0 Å². The highest BCUT2D eigenvalue weighted by Crippen LogP contribution is 2.31. The van der Waals surface area contributed by atoms with Crippen molar-refractivity contribution < 1.29 is 13.3 Å². The Hall–Kier alpha value is -1.47. The highest BCUT2D eigenvalue weighted by atomic mass is 32.2. The van der Waals surface area contributed by atoms with Crippen LogP contribution in [0.1, 0.15) is 26.2 Å². The zero-order valence-corrected chi connectivity index (χ0v) is 12.2. The van der Waals surface area contributed by atoms with Crippen molar-refractivity contribution in [3.05, 3.63) is 34.4 Å². The average molecular weight is 298 g/mol. The predicted octanol–water partition coefficient (Wildman–Crippen LogP) is 2.41. The number of hydrogen-bond acceptors (Lipinski definition) is 4. The topological polar surface area (TPSA) is 80.5 Å². The number of nitrogens with zero attached hydrogens (tertiary/aromatic N) is 2. The Bertz CT molecular complexity index is 579. The summed E-state index contributed by atoms with van der Waals surface area (Å²) >= 11 is 0. The first-order valence-corrected chi connectivity index (χ1v) is 8.13. The largest absolute Gasteiger partial charge is 0.269 e. The summed E-state index contributed by atoms with van der Waals surface area (Å²) in [6.07, 6.45) is 2.91. The lowest BCUT2D eigenvalue weighted by molar-refractivity contribution is -0.384. The van der Waals surface area contributed by atoms with Gasteiger partial charge in [0.25, 0.3) is 5.69 Å². The minimum atomic E-state index is -3.55. The predicted molar refractivity (Wildman–Crippen MR) is 74.9 cm³/mol. The van der Waals surface area contributed by atoms with Crippen LogP contribution in [0.3, 0.4) is 0 Å². The molecule has 0 aromatic heterocycles. The van der Waals surface area contributed by atoms with Crippen LogP contribution in [0.15, 0.2) is 29.2 Å². The van der Waals surface area contributed by atoms with E-state index < -0.39 is 14.9 Å². The summed E-state index contributed by atoms with van der Waals surface area (Å²) in [5.74, 6) is 0.467. The Labute approximate surface area is 118 Å². The van der Waals surface area contributed by atoms with E-state index in [1.165, 1.54) is 28.6 Å². The molecule has 2 rings (SSSR count). The van der Waals surface area contributed by atoms with Crippen molar-refractivity contribution in [3.63, 3.8) is 0 Å². The van der Waals surface area contributed by atoms with Crippen LogP contribution in [0.25, 0.3) is 0 Å². The molecule has 0 spiro atoms. The lowest BCUT2D eigenvalue weighted by atomic mass is 10.3. The highest BCUT2D eigenvalue weighted by molar-refractivity contribution is 7.89. The molecule has 0 N–H and O–H groups in total. The minimum absolute atomic E-state index is 0.104. The van der Waals surface area contributed by atoms with Gasteiger partial charge in [-0.3, -0.25) is 10.1 Å². The smallest absolute Gasteiger partial charge is 0.258 e. The van der Waals surface area contributed by atoms with E-state index in [0.717, 1.165) is 19.3 Å². The van der Waals surface area contributed by atoms with Gasteiger partial charge in [-0.2, -0.15) is 4.31 Å². The Morgan fingerprint density at radius 3 is 2.35 bits per heavy atom. The molecule has 1 aliphatic rings. The fraction of sp³-hybridized carbons (Fsp3) is 0.538. The van der Waals surface area contributed by atoms with Gasteiger partial charge in [-0.05, 0) is 37.3 Å². The van der Waals surface area contributed by atoms with Crippen molar-refractivity contribution in [2.45, 2.75) is 31.1 Å². The summed E-state index contributed by atoms with van der Waals surface area (Å²) in [7, 11) is -3.55. The molecule has 0 amide bonds. The molecule has 20 heavy (non-hydrogen) atoms. The number of non-ortho nitro benzene ring substituents is 1. The first-order valence-electron chi connectivity index (χ1n) is 6.69. The van der Waals surface area contributed by atoms with E-state index in [4.69, 9.17) is 0 Å². The Morgan fingerprint density at radius 1 is 1.30 bits per heavy atom. The lowest BCUT2D eigenvalue weighted by Crippen LogP contribution is -2.33. The molecule has 0 aliphatic heterocycles. The quantitative estimate of drug-likeness (QED) is 0.572. The molecule has 0 heterocycles. The van der Waals surface area contributed by atoms with E-state index in [2.05, 4.69) is 0 Å². The normalized spacial score (nSPS) is 15.5. The average Bonchev–Trinajstić information content (AvgIpc) is 3.22. The van der Waals surface area contributed by atoms with E-state index >= 15 is 0 Å². The molecule has 0 unspecified atom stereocenters. The standard InChI is InChI=1S/C13H18N2O4S/c1-2-9-14(10-11-3-4-11)20(18,19)13-7-5-12(6-8-13)15(16)17/h5-8,11H,2-4,9-10H2,1H3. The zero-order chi connectivity index (χ0) is 14.8. The van der Waals surface area contributed by atoms with Crippen LogP contribution >= 0.6 is 0 Å². The molecule has 1 aromatic carbocycles. The molecule has 110 valence electrons. The lowest BCUT2D eigenvalue weighted by Gasteiger charge is -2.21. The molecular formula is C13H18N2O4S. The number of benzene rings is 1. The van der Waals surface area contributed by atoms with Crippen LogP contribution in [0, 0.1) is 16.0 Å². The summed E-state index contributed by atoms with van der Waals surface area (Å²) in [5.41, 5.74) is -0.104. The van der Waals surface area contributed by atoms with E-state index in [0.29, 0.717) is 19.0 Å². The summed E-state index contributed by atoms with van der Waals surface area (Å²) in [5, 5.41) is 10.6. The molecule has 1 fully saturated rings. The number of nitro benzene ring substituents is 1. The maximum Gasteiger partial charge on any atom is 0.269 e. The Kier molecular flexibility index (Phi) is 4.39. The van der Waals surface area contributed by atoms with Gasteiger partial charge in [-0.15, -0.1) is 0 Å². The summed E-state index contributed by atoms with van der Waals surface area (Å²) < 4.78 is 26.5. The first kappa shape index (κ1) is 14.9. The molecule has 7 heteroatoms. The van der Waals surface area contributed by atoms with Gasteiger partial charge in [0, 0.05) is 25.2 Å². The number of rotatable bonds is 7. The van der Waals surface area contributed by atoms with Gasteiger partial charge in [0.2, 0.25) is 10.0 Å². The number of sulfonamides is 1. The third-order valence-corrected chi connectivity index (χ3v) is 5.20. The molecule has 0 atom stereocenters. The Balaban J connectivity index is 2.23. The van der Waals surface area contributed by atoms with Crippen LogP contribution in [0.5, 0.6) is 0 Å². The van der Waals surface area contributed by atoms with Gasteiger partial charge in [0.1, 0.15) is 0 Å². The van der Waals surface area contributed by atoms with E-state index in [1.54, 1.807) is 0 Å². The summed E-state index contributed by atoms with van der Waals surface area (Å²) in [6.45, 7) is 2.97. The van der Waals surface area contributed by atoms with Crippen LogP contribution in [0.4, 0.5) is 5.69 Å². The SMILES string of the molecule is CCCN(CC1CC1)S(=O)(=O)c1ccc([N+](=O)[O-])cc1. The van der Waals surface area contributed by atoms with Gasteiger partial charge in [-0.25, -0.2) is 8.42 Å². The second-order valence-corrected chi connectivity index (χ2v) is 7.00. The van der Waals surface area contributed by atoms with E-state index in [1.807, 2.05) is 6.92 Å². The van der Waals surface area contributed by atoms with Crippen LogP contribution in [-0.2, 0) is 10.0 Å². The maximum absolute atomic E-state index is 12.5. The highest BCUT2D eigenvalue weighted by Gasteiger charge is 2.31. The fourth-order valence-electron chi connectivity index (χ4n) is 2.04. The zero-order valence-electron chi connectivity index (χ0n) is 11.4. The van der Waals surface area contributed by atoms with Crippen LogP contribution < -0.4 is 0 Å². The van der Waals surface area contributed by atoms with Gasteiger partial charge >= 0.3 is 0 Å². The minimum Gasteiger partial charge on any atom is -0.258 e. The molecule has 1 aromatic rings. The molecule has 6 nitrogen and oxygen atoms in total. The monoisotopic (exact) mass is 298 g/mol. The third kappa shape index (κ3) is 3.34. The van der Waals surface area contributed by atoms with Crippen molar-refractivity contribution in [2.75, 3.05) is 13.1 Å². The van der Waals surface area contributed by atoms with Gasteiger partial charge in [-0.1, -0.05) is 6.92 Å². The summed E-state index contributed by atoms with van der Waals surface area (Å²) in [4.78, 5) is 10.2. The van der Waals surface area contributed by atoms with Crippen molar-refractivity contribution in [1.82, 2.24) is 4.31 Å². The van der Waals surface area contributed by atoms with Gasteiger partial charge < -0.3 is 0 Å². The van der Waals surface area contributed by atoms with E-state index in [9.17, 15) is 18.5 Å². The van der Waals surface area contributed by atoms with Crippen LogP contribution in [-0.4, -0.2) is 30.7 Å². The third-order valence-electron chi connectivity index (χ3n) is 3.32. The van der Waals surface area contributed by atoms with Crippen molar-refractivity contribution >= 4 is 15.7 Å². The van der Waals surface area contributed by atoms with Crippen LogP contribution in [0.2, 0.25) is 0 Å².